The lowest BCUT2D eigenvalue weighted by Crippen LogP contribution is -2.53. The largest absolute Gasteiger partial charge is 0.311 e. The Bertz CT molecular complexity index is 408. The maximum Gasteiger partial charge on any atom is 0.281 e. The Balaban J connectivity index is 1.69. The normalized spacial score (nSPS) is 36.8. The summed E-state index contributed by atoms with van der Waals surface area (Å²) < 4.78 is 28.6. The van der Waals surface area contributed by atoms with E-state index in [9.17, 15) is 8.42 Å². The van der Waals surface area contributed by atoms with Crippen LogP contribution in [0.2, 0.25) is 0 Å². The Morgan fingerprint density at radius 2 is 1.63 bits per heavy atom. The van der Waals surface area contributed by atoms with Crippen molar-refractivity contribution in [2.24, 2.45) is 0 Å². The van der Waals surface area contributed by atoms with Crippen molar-refractivity contribution in [3.8, 4) is 0 Å². The number of piperidine rings is 2. The smallest absolute Gasteiger partial charge is 0.281 e. The number of rotatable bonds is 3. The third-order valence-corrected chi connectivity index (χ3v) is 7.01. The summed E-state index contributed by atoms with van der Waals surface area (Å²) in [6, 6.07) is 1.25. The van der Waals surface area contributed by atoms with Gasteiger partial charge in [-0.25, -0.2) is 0 Å². The zero-order chi connectivity index (χ0) is 13.5. The molecule has 0 saturated carbocycles. The van der Waals surface area contributed by atoms with Crippen molar-refractivity contribution in [2.75, 3.05) is 20.1 Å². The van der Waals surface area contributed by atoms with E-state index in [1.54, 1.807) is 15.7 Å². The highest BCUT2D eigenvalue weighted by Gasteiger charge is 2.40. The molecule has 3 fully saturated rings. The summed E-state index contributed by atoms with van der Waals surface area (Å²) in [6.45, 7) is 1.40. The topological polar surface area (TPSA) is 52.7 Å². The van der Waals surface area contributed by atoms with Crippen molar-refractivity contribution in [3.05, 3.63) is 0 Å². The fourth-order valence-corrected chi connectivity index (χ4v) is 5.42. The van der Waals surface area contributed by atoms with Crippen molar-refractivity contribution in [2.45, 2.75) is 63.1 Å². The van der Waals surface area contributed by atoms with Gasteiger partial charge in [0.1, 0.15) is 0 Å². The molecule has 0 amide bonds. The van der Waals surface area contributed by atoms with Crippen LogP contribution in [0.25, 0.3) is 0 Å². The minimum absolute atomic E-state index is 0.186. The molecule has 0 aromatic rings. The molecule has 0 aromatic carbocycles. The number of nitrogens with zero attached hydrogens (tertiary/aromatic N) is 2. The summed E-state index contributed by atoms with van der Waals surface area (Å²) in [6.07, 6.45) is 7.53. The molecular weight excluding hydrogens is 262 g/mol. The summed E-state index contributed by atoms with van der Waals surface area (Å²) in [4.78, 5) is 0. The minimum atomic E-state index is -3.24. The summed E-state index contributed by atoms with van der Waals surface area (Å²) in [5.74, 6) is 0. The fourth-order valence-electron chi connectivity index (χ4n) is 3.79. The van der Waals surface area contributed by atoms with Gasteiger partial charge in [0.25, 0.3) is 10.2 Å². The monoisotopic (exact) mass is 287 g/mol. The average molecular weight is 287 g/mol. The van der Waals surface area contributed by atoms with Crippen LogP contribution in [0.1, 0.15) is 44.9 Å². The molecule has 2 atom stereocenters. The van der Waals surface area contributed by atoms with Crippen molar-refractivity contribution in [1.29, 1.82) is 0 Å². The first kappa shape index (κ1) is 13.8. The first-order chi connectivity index (χ1) is 9.07. The molecule has 3 saturated heterocycles. The van der Waals surface area contributed by atoms with Gasteiger partial charge in [0, 0.05) is 38.3 Å². The Labute approximate surface area is 116 Å². The molecule has 3 aliphatic heterocycles. The second-order valence-electron chi connectivity index (χ2n) is 6.25. The lowest BCUT2D eigenvalue weighted by atomic mass is 10.0. The zero-order valence-electron chi connectivity index (χ0n) is 11.7. The fraction of sp³-hybridized carbons (Fsp3) is 1.00. The van der Waals surface area contributed by atoms with Gasteiger partial charge >= 0.3 is 0 Å². The van der Waals surface area contributed by atoms with E-state index in [2.05, 4.69) is 5.32 Å². The van der Waals surface area contributed by atoms with Gasteiger partial charge in [-0.15, -0.1) is 0 Å². The number of nitrogens with one attached hydrogen (secondary N) is 1. The highest BCUT2D eigenvalue weighted by atomic mass is 32.2. The van der Waals surface area contributed by atoms with Crippen LogP contribution in [0.4, 0.5) is 0 Å². The molecule has 3 rings (SSSR count). The maximum atomic E-state index is 12.7. The van der Waals surface area contributed by atoms with Gasteiger partial charge in [-0.3, -0.25) is 0 Å². The third-order valence-electron chi connectivity index (χ3n) is 4.97. The van der Waals surface area contributed by atoms with Gasteiger partial charge in [-0.05, 0) is 38.5 Å². The second-order valence-corrected chi connectivity index (χ2v) is 8.23. The van der Waals surface area contributed by atoms with Gasteiger partial charge in [0.2, 0.25) is 0 Å². The standard InChI is InChI=1S/C13H25N3O2S/c1-15(13-9-11-5-6-12(10-13)14-11)19(17,18)16-7-3-2-4-8-16/h11-14H,2-10H2,1H3. The van der Waals surface area contributed by atoms with E-state index in [-0.39, 0.29) is 6.04 Å². The number of hydrogen-bond acceptors (Lipinski definition) is 3. The molecule has 0 aliphatic carbocycles. The molecule has 6 heteroatoms. The summed E-state index contributed by atoms with van der Waals surface area (Å²) in [5.41, 5.74) is 0. The quantitative estimate of drug-likeness (QED) is 0.840. The van der Waals surface area contributed by atoms with Gasteiger partial charge in [-0.2, -0.15) is 17.0 Å². The van der Waals surface area contributed by atoms with Crippen molar-refractivity contribution >= 4 is 10.2 Å². The Morgan fingerprint density at radius 1 is 1.05 bits per heavy atom. The van der Waals surface area contributed by atoms with Crippen LogP contribution in [-0.4, -0.2) is 55.3 Å². The Morgan fingerprint density at radius 3 is 2.21 bits per heavy atom. The Kier molecular flexibility index (Phi) is 3.86. The van der Waals surface area contributed by atoms with Crippen LogP contribution in [0.5, 0.6) is 0 Å². The van der Waals surface area contributed by atoms with Crippen LogP contribution in [0, 0.1) is 0 Å². The lowest BCUT2D eigenvalue weighted by molar-refractivity contribution is 0.230. The van der Waals surface area contributed by atoms with Crippen molar-refractivity contribution in [1.82, 2.24) is 13.9 Å². The Hall–Kier alpha value is -0.170. The van der Waals surface area contributed by atoms with Crippen molar-refractivity contribution in [3.63, 3.8) is 0 Å². The molecule has 5 nitrogen and oxygen atoms in total. The summed E-state index contributed by atoms with van der Waals surface area (Å²) in [7, 11) is -1.46. The molecular formula is C13H25N3O2S. The molecule has 3 heterocycles. The van der Waals surface area contributed by atoms with E-state index in [1.165, 1.54) is 12.8 Å². The second kappa shape index (κ2) is 5.31. The molecule has 3 aliphatic rings. The molecule has 0 aromatic heterocycles. The van der Waals surface area contributed by atoms with E-state index in [0.29, 0.717) is 25.2 Å². The van der Waals surface area contributed by atoms with Gasteiger partial charge in [0.05, 0.1) is 0 Å². The third kappa shape index (κ3) is 2.68. The van der Waals surface area contributed by atoms with E-state index in [4.69, 9.17) is 0 Å². The average Bonchev–Trinajstić information content (AvgIpc) is 2.77. The SMILES string of the molecule is CN(C1CC2CCC(C1)N2)S(=O)(=O)N1CCCCC1. The molecule has 2 bridgehead atoms. The van der Waals surface area contributed by atoms with Crippen LogP contribution >= 0.6 is 0 Å². The van der Waals surface area contributed by atoms with E-state index >= 15 is 0 Å². The highest BCUT2D eigenvalue weighted by Crippen LogP contribution is 2.31. The van der Waals surface area contributed by atoms with Crippen molar-refractivity contribution < 1.29 is 8.42 Å². The zero-order valence-corrected chi connectivity index (χ0v) is 12.5. The minimum Gasteiger partial charge on any atom is -0.311 e. The van der Waals surface area contributed by atoms with Crippen LogP contribution in [0.3, 0.4) is 0 Å². The molecule has 110 valence electrons. The van der Waals surface area contributed by atoms with E-state index in [1.807, 2.05) is 0 Å². The highest BCUT2D eigenvalue weighted by molar-refractivity contribution is 7.86. The van der Waals surface area contributed by atoms with Crippen LogP contribution in [0.15, 0.2) is 0 Å². The first-order valence-corrected chi connectivity index (χ1v) is 8.96. The maximum absolute atomic E-state index is 12.7. The molecule has 0 radical (unpaired) electrons. The summed E-state index contributed by atoms with van der Waals surface area (Å²) >= 11 is 0. The number of fused-ring (bicyclic) bond motifs is 2. The first-order valence-electron chi connectivity index (χ1n) is 7.56. The van der Waals surface area contributed by atoms with Gasteiger partial charge in [0.15, 0.2) is 0 Å². The molecule has 19 heavy (non-hydrogen) atoms. The lowest BCUT2D eigenvalue weighted by Gasteiger charge is -2.38. The van der Waals surface area contributed by atoms with E-state index in [0.717, 1.165) is 32.1 Å². The molecule has 2 unspecified atom stereocenters. The van der Waals surface area contributed by atoms with Crippen LogP contribution < -0.4 is 5.32 Å². The van der Waals surface area contributed by atoms with Gasteiger partial charge in [-0.1, -0.05) is 6.42 Å². The van der Waals surface area contributed by atoms with Gasteiger partial charge < -0.3 is 5.32 Å². The number of hydrogen-bond donors (Lipinski definition) is 1. The van der Waals surface area contributed by atoms with E-state index < -0.39 is 10.2 Å². The predicted octanol–water partition coefficient (Wildman–Crippen LogP) is 0.932. The summed E-state index contributed by atoms with van der Waals surface area (Å²) in [5, 5.41) is 3.57. The predicted molar refractivity (Wildman–Crippen MR) is 75.1 cm³/mol. The molecule has 0 spiro atoms. The molecule has 1 N–H and O–H groups in total. The van der Waals surface area contributed by atoms with Crippen LogP contribution in [-0.2, 0) is 10.2 Å².